The number of rotatable bonds is 3. The van der Waals surface area contributed by atoms with Gasteiger partial charge in [0.1, 0.15) is 12.1 Å². The molecule has 1 aliphatic rings. The van der Waals surface area contributed by atoms with Crippen LogP contribution < -0.4 is 4.90 Å². The molecule has 0 radical (unpaired) electrons. The van der Waals surface area contributed by atoms with Crippen LogP contribution >= 0.6 is 11.6 Å². The van der Waals surface area contributed by atoms with Crippen LogP contribution in [0.4, 0.5) is 5.82 Å². The molecule has 4 rings (SSSR count). The maximum absolute atomic E-state index is 5.91. The molecule has 3 heterocycles. The molecule has 0 spiro atoms. The normalized spacial score (nSPS) is 15.7. The van der Waals surface area contributed by atoms with Gasteiger partial charge in [-0.2, -0.15) is 0 Å². The second-order valence-corrected chi connectivity index (χ2v) is 6.83. The van der Waals surface area contributed by atoms with E-state index in [9.17, 15) is 0 Å². The molecule has 0 saturated carbocycles. The van der Waals surface area contributed by atoms with E-state index in [4.69, 9.17) is 11.6 Å². The molecule has 3 aromatic rings. The van der Waals surface area contributed by atoms with E-state index in [0.29, 0.717) is 5.02 Å². The van der Waals surface area contributed by atoms with Gasteiger partial charge in [-0.05, 0) is 30.7 Å². The molecular formula is C19H20ClN5. The molecule has 0 unspecified atom stereocenters. The molecule has 0 aliphatic carbocycles. The van der Waals surface area contributed by atoms with Crippen molar-refractivity contribution in [1.29, 1.82) is 0 Å². The number of halogens is 1. The number of aryl methyl sites for hydroxylation is 1. The van der Waals surface area contributed by atoms with Crippen LogP contribution in [0.2, 0.25) is 5.02 Å². The Morgan fingerprint density at radius 2 is 1.84 bits per heavy atom. The third kappa shape index (κ3) is 3.43. The third-order valence-electron chi connectivity index (χ3n) is 4.70. The van der Waals surface area contributed by atoms with E-state index < -0.39 is 0 Å². The molecular weight excluding hydrogens is 334 g/mol. The van der Waals surface area contributed by atoms with Crippen molar-refractivity contribution in [2.75, 3.05) is 31.1 Å². The first kappa shape index (κ1) is 16.2. The lowest BCUT2D eigenvalue weighted by Gasteiger charge is -2.35. The smallest absolute Gasteiger partial charge is 0.140 e. The van der Waals surface area contributed by atoms with Crippen molar-refractivity contribution in [3.05, 3.63) is 59.1 Å². The van der Waals surface area contributed by atoms with Crippen LogP contribution in [0, 0.1) is 6.92 Å². The summed E-state index contributed by atoms with van der Waals surface area (Å²) in [6.45, 7) is 6.86. The average molecular weight is 354 g/mol. The van der Waals surface area contributed by atoms with Crippen LogP contribution in [-0.4, -0.2) is 46.0 Å². The molecule has 0 amide bonds. The molecule has 6 heteroatoms. The summed E-state index contributed by atoms with van der Waals surface area (Å²) >= 11 is 5.91. The van der Waals surface area contributed by atoms with Gasteiger partial charge < -0.3 is 4.90 Å². The zero-order valence-corrected chi connectivity index (χ0v) is 14.9. The van der Waals surface area contributed by atoms with Gasteiger partial charge in [-0.3, -0.25) is 9.88 Å². The van der Waals surface area contributed by atoms with E-state index in [1.165, 1.54) is 5.56 Å². The number of pyridine rings is 1. The molecule has 25 heavy (non-hydrogen) atoms. The lowest BCUT2D eigenvalue weighted by molar-refractivity contribution is 0.247. The van der Waals surface area contributed by atoms with E-state index >= 15 is 0 Å². The summed E-state index contributed by atoms with van der Waals surface area (Å²) in [5, 5.41) is 1.84. The summed E-state index contributed by atoms with van der Waals surface area (Å²) in [7, 11) is 0. The highest BCUT2D eigenvalue weighted by atomic mass is 35.5. The predicted octanol–water partition coefficient (Wildman–Crippen LogP) is 3.31. The van der Waals surface area contributed by atoms with Gasteiger partial charge in [-0.25, -0.2) is 9.97 Å². The zero-order chi connectivity index (χ0) is 17.2. The Balaban J connectivity index is 1.48. The molecule has 1 aliphatic heterocycles. The minimum atomic E-state index is 0.680. The number of hydrogen-bond acceptors (Lipinski definition) is 5. The second kappa shape index (κ2) is 6.94. The highest BCUT2D eigenvalue weighted by molar-refractivity contribution is 6.30. The average Bonchev–Trinajstić information content (AvgIpc) is 2.64. The largest absolute Gasteiger partial charge is 0.353 e. The SMILES string of the molecule is Cc1cccc2ncnc(N3CCN(Cc4ccc(Cl)cn4)CC3)c12. The quantitative estimate of drug-likeness (QED) is 0.722. The Kier molecular flexibility index (Phi) is 4.51. The highest BCUT2D eigenvalue weighted by Crippen LogP contribution is 2.27. The van der Waals surface area contributed by atoms with Crippen molar-refractivity contribution in [3.8, 4) is 0 Å². The molecule has 2 aromatic heterocycles. The number of aromatic nitrogens is 3. The van der Waals surface area contributed by atoms with E-state index in [2.05, 4.69) is 43.8 Å². The molecule has 5 nitrogen and oxygen atoms in total. The van der Waals surface area contributed by atoms with Crippen LogP contribution in [0.5, 0.6) is 0 Å². The summed E-state index contributed by atoms with van der Waals surface area (Å²) in [6.07, 6.45) is 3.38. The van der Waals surface area contributed by atoms with Crippen molar-refractivity contribution < 1.29 is 0 Å². The van der Waals surface area contributed by atoms with E-state index in [1.807, 2.05) is 18.2 Å². The van der Waals surface area contributed by atoms with Gasteiger partial charge in [0.15, 0.2) is 0 Å². The molecule has 128 valence electrons. The van der Waals surface area contributed by atoms with Crippen LogP contribution in [0.1, 0.15) is 11.3 Å². The first-order valence-electron chi connectivity index (χ1n) is 8.49. The van der Waals surface area contributed by atoms with Crippen molar-refractivity contribution >= 4 is 28.3 Å². The number of anilines is 1. The number of fused-ring (bicyclic) bond motifs is 1. The van der Waals surface area contributed by atoms with Crippen LogP contribution in [0.25, 0.3) is 10.9 Å². The summed E-state index contributed by atoms with van der Waals surface area (Å²) in [6, 6.07) is 10.1. The van der Waals surface area contributed by atoms with Gasteiger partial charge in [0.25, 0.3) is 0 Å². The first-order valence-corrected chi connectivity index (χ1v) is 8.86. The van der Waals surface area contributed by atoms with Gasteiger partial charge in [0.05, 0.1) is 16.2 Å². The highest BCUT2D eigenvalue weighted by Gasteiger charge is 2.20. The fourth-order valence-corrected chi connectivity index (χ4v) is 3.46. The van der Waals surface area contributed by atoms with E-state index in [1.54, 1.807) is 12.5 Å². The monoisotopic (exact) mass is 353 g/mol. The van der Waals surface area contributed by atoms with Crippen LogP contribution in [0.15, 0.2) is 42.9 Å². The zero-order valence-electron chi connectivity index (χ0n) is 14.2. The Morgan fingerprint density at radius 1 is 1.00 bits per heavy atom. The Labute approximate surface area is 152 Å². The molecule has 0 bridgehead atoms. The summed E-state index contributed by atoms with van der Waals surface area (Å²) in [4.78, 5) is 18.2. The van der Waals surface area contributed by atoms with Gasteiger partial charge in [0, 0.05) is 44.3 Å². The number of piperazine rings is 1. The lowest BCUT2D eigenvalue weighted by Crippen LogP contribution is -2.46. The molecule has 0 atom stereocenters. The van der Waals surface area contributed by atoms with Crippen molar-refractivity contribution in [2.45, 2.75) is 13.5 Å². The van der Waals surface area contributed by atoms with Gasteiger partial charge in [-0.15, -0.1) is 0 Å². The number of hydrogen-bond donors (Lipinski definition) is 0. The maximum atomic E-state index is 5.91. The summed E-state index contributed by atoms with van der Waals surface area (Å²) in [5.74, 6) is 1.05. The summed E-state index contributed by atoms with van der Waals surface area (Å²) < 4.78 is 0. The first-order chi connectivity index (χ1) is 12.2. The van der Waals surface area contributed by atoms with Crippen molar-refractivity contribution in [2.24, 2.45) is 0 Å². The van der Waals surface area contributed by atoms with Gasteiger partial charge in [0.2, 0.25) is 0 Å². The molecule has 1 fully saturated rings. The Hall–Kier alpha value is -2.24. The third-order valence-corrected chi connectivity index (χ3v) is 4.92. The molecule has 0 N–H and O–H groups in total. The number of benzene rings is 1. The minimum absolute atomic E-state index is 0.680. The lowest BCUT2D eigenvalue weighted by atomic mass is 10.1. The number of nitrogens with zero attached hydrogens (tertiary/aromatic N) is 5. The van der Waals surface area contributed by atoms with E-state index in [0.717, 1.165) is 55.1 Å². The molecule has 1 saturated heterocycles. The standard InChI is InChI=1S/C19H20ClN5/c1-14-3-2-4-17-18(14)19(23-13-22-17)25-9-7-24(8-10-25)12-16-6-5-15(20)11-21-16/h2-6,11,13H,7-10,12H2,1H3. The topological polar surface area (TPSA) is 45.2 Å². The fraction of sp³-hybridized carbons (Fsp3) is 0.316. The molecule has 1 aromatic carbocycles. The van der Waals surface area contributed by atoms with Crippen LogP contribution in [-0.2, 0) is 6.54 Å². The van der Waals surface area contributed by atoms with Gasteiger partial charge in [-0.1, -0.05) is 23.7 Å². The predicted molar refractivity (Wildman–Crippen MR) is 101 cm³/mol. The summed E-state index contributed by atoms with van der Waals surface area (Å²) in [5.41, 5.74) is 3.29. The minimum Gasteiger partial charge on any atom is -0.353 e. The second-order valence-electron chi connectivity index (χ2n) is 6.40. The maximum Gasteiger partial charge on any atom is 0.140 e. The van der Waals surface area contributed by atoms with Crippen molar-refractivity contribution in [3.63, 3.8) is 0 Å². The van der Waals surface area contributed by atoms with E-state index in [-0.39, 0.29) is 0 Å². The Morgan fingerprint density at radius 3 is 2.60 bits per heavy atom. The van der Waals surface area contributed by atoms with Gasteiger partial charge >= 0.3 is 0 Å². The fourth-order valence-electron chi connectivity index (χ4n) is 3.35. The van der Waals surface area contributed by atoms with Crippen LogP contribution in [0.3, 0.4) is 0 Å². The Bertz CT molecular complexity index is 867. The van der Waals surface area contributed by atoms with Crippen molar-refractivity contribution in [1.82, 2.24) is 19.9 Å².